The van der Waals surface area contributed by atoms with E-state index in [1.165, 1.54) is 5.56 Å². The maximum absolute atomic E-state index is 6.46. The van der Waals surface area contributed by atoms with E-state index < -0.39 is 0 Å². The van der Waals surface area contributed by atoms with E-state index in [0.29, 0.717) is 0 Å². The summed E-state index contributed by atoms with van der Waals surface area (Å²) in [6.45, 7) is 2.15. The van der Waals surface area contributed by atoms with Crippen LogP contribution in [0.15, 0.2) is 53.0 Å². The van der Waals surface area contributed by atoms with Crippen LogP contribution < -0.4 is 0 Å². The molecule has 0 heterocycles. The van der Waals surface area contributed by atoms with Crippen molar-refractivity contribution in [3.8, 4) is 0 Å². The Hall–Kier alpha value is -0.790. The molecule has 0 bridgehead atoms. The molecule has 2 heteroatoms. The minimum atomic E-state index is -0.0750. The Morgan fingerprint density at radius 1 is 0.941 bits per heavy atom. The predicted octanol–water partition coefficient (Wildman–Crippen LogP) is 5.34. The van der Waals surface area contributed by atoms with E-state index in [0.717, 1.165) is 22.0 Å². The summed E-state index contributed by atoms with van der Waals surface area (Å²) in [5.41, 5.74) is 3.61. The van der Waals surface area contributed by atoms with Gasteiger partial charge in [-0.3, -0.25) is 0 Å². The van der Waals surface area contributed by atoms with Crippen molar-refractivity contribution >= 4 is 27.5 Å². The van der Waals surface area contributed by atoms with Crippen molar-refractivity contribution in [3.05, 3.63) is 69.7 Å². The average molecular weight is 310 g/mol. The van der Waals surface area contributed by atoms with Crippen molar-refractivity contribution in [3.63, 3.8) is 0 Å². The Labute approximate surface area is 116 Å². The van der Waals surface area contributed by atoms with Crippen LogP contribution in [0.1, 0.15) is 29.0 Å². The summed E-state index contributed by atoms with van der Waals surface area (Å²) in [5, 5.41) is -0.0750. The standard InChI is InChI=1S/C15H14BrCl/c1-2-11-3-5-12(6-4-11)15(17)13-7-9-14(16)10-8-13/h3-10,15H,2H2,1H3. The molecule has 0 aliphatic carbocycles. The van der Waals surface area contributed by atoms with E-state index in [1.807, 2.05) is 12.1 Å². The SMILES string of the molecule is CCc1ccc(C(Cl)c2ccc(Br)cc2)cc1. The highest BCUT2D eigenvalue weighted by Gasteiger charge is 2.10. The quantitative estimate of drug-likeness (QED) is 0.671. The third kappa shape index (κ3) is 3.11. The molecular formula is C15H14BrCl. The smallest absolute Gasteiger partial charge is 0.0835 e. The molecule has 0 spiro atoms. The monoisotopic (exact) mass is 308 g/mol. The van der Waals surface area contributed by atoms with Crippen molar-refractivity contribution in [1.82, 2.24) is 0 Å². The summed E-state index contributed by atoms with van der Waals surface area (Å²) >= 11 is 9.89. The van der Waals surface area contributed by atoms with Crippen molar-refractivity contribution in [2.45, 2.75) is 18.7 Å². The van der Waals surface area contributed by atoms with E-state index in [2.05, 4.69) is 59.3 Å². The average Bonchev–Trinajstić information content (AvgIpc) is 2.39. The molecule has 1 atom stereocenters. The highest BCUT2D eigenvalue weighted by Crippen LogP contribution is 2.29. The fourth-order valence-corrected chi connectivity index (χ4v) is 2.30. The lowest BCUT2D eigenvalue weighted by molar-refractivity contribution is 1.10. The van der Waals surface area contributed by atoms with Gasteiger partial charge in [-0.25, -0.2) is 0 Å². The van der Waals surface area contributed by atoms with Crippen LogP contribution in [0.25, 0.3) is 0 Å². The van der Waals surface area contributed by atoms with Gasteiger partial charge in [0, 0.05) is 4.47 Å². The summed E-state index contributed by atoms with van der Waals surface area (Å²) < 4.78 is 1.08. The van der Waals surface area contributed by atoms with E-state index >= 15 is 0 Å². The fraction of sp³-hybridized carbons (Fsp3) is 0.200. The van der Waals surface area contributed by atoms with Gasteiger partial charge in [0.25, 0.3) is 0 Å². The van der Waals surface area contributed by atoms with Crippen molar-refractivity contribution in [1.29, 1.82) is 0 Å². The molecule has 88 valence electrons. The first-order chi connectivity index (χ1) is 8.20. The molecule has 0 nitrogen and oxygen atoms in total. The number of hydrogen-bond acceptors (Lipinski definition) is 0. The van der Waals surface area contributed by atoms with Crippen LogP contribution in [-0.4, -0.2) is 0 Å². The minimum absolute atomic E-state index is 0.0750. The summed E-state index contributed by atoms with van der Waals surface area (Å²) in [7, 11) is 0. The van der Waals surface area contributed by atoms with Crippen LogP contribution in [0, 0.1) is 0 Å². The topological polar surface area (TPSA) is 0 Å². The molecule has 0 amide bonds. The van der Waals surface area contributed by atoms with E-state index in [-0.39, 0.29) is 5.38 Å². The van der Waals surface area contributed by atoms with E-state index in [4.69, 9.17) is 11.6 Å². The third-order valence-corrected chi connectivity index (χ3v) is 3.88. The van der Waals surface area contributed by atoms with E-state index in [1.54, 1.807) is 0 Å². The highest BCUT2D eigenvalue weighted by molar-refractivity contribution is 9.10. The molecule has 0 saturated heterocycles. The summed E-state index contributed by atoms with van der Waals surface area (Å²) in [4.78, 5) is 0. The number of halogens is 2. The van der Waals surface area contributed by atoms with Gasteiger partial charge in [-0.05, 0) is 35.2 Å². The Balaban J connectivity index is 2.23. The first-order valence-corrected chi connectivity index (χ1v) is 6.92. The van der Waals surface area contributed by atoms with Crippen LogP contribution in [-0.2, 0) is 6.42 Å². The first-order valence-electron chi connectivity index (χ1n) is 5.69. The van der Waals surface area contributed by atoms with Gasteiger partial charge in [0.1, 0.15) is 0 Å². The second-order valence-corrected chi connectivity index (χ2v) is 5.36. The molecular weight excluding hydrogens is 296 g/mol. The van der Waals surface area contributed by atoms with Gasteiger partial charge in [0.2, 0.25) is 0 Å². The van der Waals surface area contributed by atoms with Crippen LogP contribution in [0.3, 0.4) is 0 Å². The number of rotatable bonds is 3. The van der Waals surface area contributed by atoms with Crippen LogP contribution >= 0.6 is 27.5 Å². The molecule has 2 aromatic rings. The molecule has 0 N–H and O–H groups in total. The second-order valence-electron chi connectivity index (χ2n) is 4.01. The largest absolute Gasteiger partial charge is 0.113 e. The lowest BCUT2D eigenvalue weighted by Gasteiger charge is -2.11. The van der Waals surface area contributed by atoms with Crippen LogP contribution in [0.2, 0.25) is 0 Å². The molecule has 0 radical (unpaired) electrons. The lowest BCUT2D eigenvalue weighted by atomic mass is 10.0. The van der Waals surface area contributed by atoms with Gasteiger partial charge in [-0.1, -0.05) is 59.3 Å². The normalized spacial score (nSPS) is 12.4. The molecule has 17 heavy (non-hydrogen) atoms. The summed E-state index contributed by atoms with van der Waals surface area (Å²) in [6, 6.07) is 16.6. The summed E-state index contributed by atoms with van der Waals surface area (Å²) in [5.74, 6) is 0. The second kappa shape index (κ2) is 5.70. The molecule has 2 rings (SSSR count). The van der Waals surface area contributed by atoms with E-state index in [9.17, 15) is 0 Å². The molecule has 0 aliphatic rings. The Bertz CT molecular complexity index is 473. The third-order valence-electron chi connectivity index (χ3n) is 2.84. The molecule has 1 unspecified atom stereocenters. The number of alkyl halides is 1. The zero-order valence-electron chi connectivity index (χ0n) is 9.66. The van der Waals surface area contributed by atoms with Gasteiger partial charge >= 0.3 is 0 Å². The van der Waals surface area contributed by atoms with Gasteiger partial charge in [0.15, 0.2) is 0 Å². The van der Waals surface area contributed by atoms with Gasteiger partial charge < -0.3 is 0 Å². The molecule has 2 aromatic carbocycles. The van der Waals surface area contributed by atoms with Gasteiger partial charge in [0.05, 0.1) is 5.38 Å². The molecule has 0 aliphatic heterocycles. The number of benzene rings is 2. The first kappa shape index (κ1) is 12.7. The molecule has 0 fully saturated rings. The highest BCUT2D eigenvalue weighted by atomic mass is 79.9. The summed E-state index contributed by atoms with van der Waals surface area (Å²) in [6.07, 6.45) is 1.06. The van der Waals surface area contributed by atoms with Gasteiger partial charge in [-0.15, -0.1) is 11.6 Å². The van der Waals surface area contributed by atoms with Crippen molar-refractivity contribution < 1.29 is 0 Å². The predicted molar refractivity (Wildman–Crippen MR) is 77.7 cm³/mol. The fourth-order valence-electron chi connectivity index (χ4n) is 1.75. The van der Waals surface area contributed by atoms with Gasteiger partial charge in [-0.2, -0.15) is 0 Å². The molecule has 0 aromatic heterocycles. The Morgan fingerprint density at radius 3 is 1.88 bits per heavy atom. The Morgan fingerprint density at radius 2 is 1.41 bits per heavy atom. The number of aryl methyl sites for hydroxylation is 1. The maximum atomic E-state index is 6.46. The maximum Gasteiger partial charge on any atom is 0.0835 e. The number of hydrogen-bond donors (Lipinski definition) is 0. The molecule has 0 saturated carbocycles. The lowest BCUT2D eigenvalue weighted by Crippen LogP contribution is -1.93. The van der Waals surface area contributed by atoms with Crippen molar-refractivity contribution in [2.75, 3.05) is 0 Å². The van der Waals surface area contributed by atoms with Crippen LogP contribution in [0.4, 0.5) is 0 Å². The minimum Gasteiger partial charge on any atom is -0.113 e. The van der Waals surface area contributed by atoms with Crippen molar-refractivity contribution in [2.24, 2.45) is 0 Å². The Kier molecular flexibility index (Phi) is 4.25. The zero-order valence-corrected chi connectivity index (χ0v) is 12.0. The zero-order chi connectivity index (χ0) is 12.3. The van der Waals surface area contributed by atoms with Crippen LogP contribution in [0.5, 0.6) is 0 Å².